The molecule has 5 heteroatoms. The number of allylic oxidation sites excluding steroid dienone is 1. The molecule has 1 atom stereocenters. The molecule has 0 aliphatic heterocycles. The number of carbonyl (C=O) groups is 1. The summed E-state index contributed by atoms with van der Waals surface area (Å²) in [7, 11) is 0. The number of hydrogen-bond acceptors (Lipinski definition) is 3. The van der Waals surface area contributed by atoms with E-state index in [9.17, 15) is 4.79 Å². The third-order valence-electron chi connectivity index (χ3n) is 0.954. The Morgan fingerprint density at radius 2 is 2.33 bits per heavy atom. The molecule has 0 aliphatic carbocycles. The normalized spacial score (nSPS) is 12.5. The van der Waals surface area contributed by atoms with E-state index in [1.165, 1.54) is 6.08 Å². The summed E-state index contributed by atoms with van der Waals surface area (Å²) in [4.78, 5) is 10.8. The molecular weight excluding hydrogens is 158 g/mol. The van der Waals surface area contributed by atoms with Gasteiger partial charge in [-0.15, -0.1) is 0 Å². The smallest absolute Gasteiger partial charge is 0.332 e. The molecule has 68 valence electrons. The first-order chi connectivity index (χ1) is 5.56. The van der Waals surface area contributed by atoms with Crippen LogP contribution in [0.4, 0.5) is 0 Å². The van der Waals surface area contributed by atoms with Crippen molar-refractivity contribution in [2.24, 2.45) is 5.73 Å². The van der Waals surface area contributed by atoms with Gasteiger partial charge >= 0.3 is 5.97 Å². The molecule has 0 heterocycles. The van der Waals surface area contributed by atoms with E-state index < -0.39 is 12.2 Å². The number of esters is 1. The van der Waals surface area contributed by atoms with E-state index in [0.717, 1.165) is 0 Å². The highest BCUT2D eigenvalue weighted by atomic mass is 16.6. The van der Waals surface area contributed by atoms with Gasteiger partial charge in [-0.1, -0.05) is 6.08 Å². The minimum Gasteiger partial charge on any atom is -0.439 e. The van der Waals surface area contributed by atoms with E-state index in [4.69, 9.17) is 15.9 Å². The van der Waals surface area contributed by atoms with Crippen LogP contribution in [0.5, 0.6) is 0 Å². The Hall–Kier alpha value is -1.52. The molecular formula is C7H13N3O2. The topological polar surface area (TPSA) is 88.2 Å². The molecule has 0 bridgehead atoms. The van der Waals surface area contributed by atoms with Crippen molar-refractivity contribution in [3.8, 4) is 0 Å². The molecule has 1 unspecified atom stereocenters. The van der Waals surface area contributed by atoms with Crippen LogP contribution < -0.4 is 11.1 Å². The van der Waals surface area contributed by atoms with Crippen molar-refractivity contribution in [1.82, 2.24) is 5.32 Å². The van der Waals surface area contributed by atoms with Crippen LogP contribution in [-0.4, -0.2) is 18.2 Å². The lowest BCUT2D eigenvalue weighted by atomic mass is 10.5. The Kier molecular flexibility index (Phi) is 4.52. The summed E-state index contributed by atoms with van der Waals surface area (Å²) in [6.45, 7) is 3.30. The van der Waals surface area contributed by atoms with E-state index >= 15 is 0 Å². The quantitative estimate of drug-likeness (QED) is 0.182. The third-order valence-corrected chi connectivity index (χ3v) is 0.954. The third kappa shape index (κ3) is 5.28. The lowest BCUT2D eigenvalue weighted by Crippen LogP contribution is -2.39. The van der Waals surface area contributed by atoms with Crippen molar-refractivity contribution >= 4 is 11.9 Å². The standard InChI is InChI=1S/C7H13N3O2/c1-3-4-6(11)12-5(2)10-7(8)9/h3-5H,1-2H3,(H4,8,9,10)/b4-3+. The Morgan fingerprint density at radius 1 is 1.75 bits per heavy atom. The monoisotopic (exact) mass is 171 g/mol. The van der Waals surface area contributed by atoms with Crippen LogP contribution in [0, 0.1) is 5.41 Å². The van der Waals surface area contributed by atoms with Crippen molar-refractivity contribution in [3.63, 3.8) is 0 Å². The molecule has 0 aromatic heterocycles. The van der Waals surface area contributed by atoms with Gasteiger partial charge in [0.05, 0.1) is 0 Å². The maximum Gasteiger partial charge on any atom is 0.332 e. The van der Waals surface area contributed by atoms with E-state index in [2.05, 4.69) is 5.32 Å². The molecule has 4 N–H and O–H groups in total. The van der Waals surface area contributed by atoms with Gasteiger partial charge in [0.2, 0.25) is 0 Å². The highest BCUT2D eigenvalue weighted by Crippen LogP contribution is 1.87. The first-order valence-electron chi connectivity index (χ1n) is 3.50. The van der Waals surface area contributed by atoms with Crippen LogP contribution in [0.3, 0.4) is 0 Å². The zero-order valence-corrected chi connectivity index (χ0v) is 7.13. The summed E-state index contributed by atoms with van der Waals surface area (Å²) in [5, 5.41) is 9.24. The van der Waals surface area contributed by atoms with Gasteiger partial charge in [-0.25, -0.2) is 4.79 Å². The maximum absolute atomic E-state index is 10.8. The van der Waals surface area contributed by atoms with E-state index in [0.29, 0.717) is 0 Å². The fraction of sp³-hybridized carbons (Fsp3) is 0.429. The van der Waals surface area contributed by atoms with Gasteiger partial charge in [-0.05, 0) is 13.8 Å². The van der Waals surface area contributed by atoms with Crippen molar-refractivity contribution in [2.75, 3.05) is 0 Å². The zero-order chi connectivity index (χ0) is 9.56. The van der Waals surface area contributed by atoms with Gasteiger partial charge in [0.25, 0.3) is 0 Å². The van der Waals surface area contributed by atoms with Gasteiger partial charge in [-0.2, -0.15) is 0 Å². The molecule has 0 aromatic carbocycles. The van der Waals surface area contributed by atoms with Crippen molar-refractivity contribution in [3.05, 3.63) is 12.2 Å². The zero-order valence-electron chi connectivity index (χ0n) is 7.13. The van der Waals surface area contributed by atoms with Crippen LogP contribution in [0.1, 0.15) is 13.8 Å². The van der Waals surface area contributed by atoms with Gasteiger partial charge in [0, 0.05) is 6.08 Å². The molecule has 0 spiro atoms. The molecule has 0 aliphatic rings. The number of hydrogen-bond donors (Lipinski definition) is 3. The van der Waals surface area contributed by atoms with Crippen molar-refractivity contribution in [2.45, 2.75) is 20.1 Å². The maximum atomic E-state index is 10.8. The van der Waals surface area contributed by atoms with E-state index in [1.54, 1.807) is 19.9 Å². The number of nitrogens with two attached hydrogens (primary N) is 1. The Morgan fingerprint density at radius 3 is 2.75 bits per heavy atom. The van der Waals surface area contributed by atoms with Crippen LogP contribution in [0.2, 0.25) is 0 Å². The number of guanidine groups is 1. The molecule has 0 saturated carbocycles. The number of rotatable bonds is 3. The summed E-state index contributed by atoms with van der Waals surface area (Å²) in [6, 6.07) is 0. The number of nitrogens with one attached hydrogen (secondary N) is 2. The molecule has 0 rings (SSSR count). The summed E-state index contributed by atoms with van der Waals surface area (Å²) < 4.78 is 4.74. The number of ether oxygens (including phenoxy) is 1. The SMILES string of the molecule is C/C=C/C(=O)OC(C)NC(=N)N. The van der Waals surface area contributed by atoms with Crippen LogP contribution >= 0.6 is 0 Å². The summed E-state index contributed by atoms with van der Waals surface area (Å²) in [5.74, 6) is -0.686. The predicted molar refractivity (Wildman–Crippen MR) is 45.4 cm³/mol. The fourth-order valence-electron chi connectivity index (χ4n) is 0.598. The second-order valence-electron chi connectivity index (χ2n) is 2.14. The Bertz CT molecular complexity index is 201. The van der Waals surface area contributed by atoms with Crippen LogP contribution in [0.15, 0.2) is 12.2 Å². The van der Waals surface area contributed by atoms with Crippen molar-refractivity contribution in [1.29, 1.82) is 5.41 Å². The average Bonchev–Trinajstić information content (AvgIpc) is 1.84. The first kappa shape index (κ1) is 10.5. The molecule has 0 amide bonds. The predicted octanol–water partition coefficient (Wildman–Crippen LogP) is -0.0652. The first-order valence-corrected chi connectivity index (χ1v) is 3.50. The molecule has 0 aromatic rings. The molecule has 0 fully saturated rings. The van der Waals surface area contributed by atoms with Gasteiger partial charge in [0.15, 0.2) is 12.2 Å². The average molecular weight is 171 g/mol. The van der Waals surface area contributed by atoms with Crippen LogP contribution in [-0.2, 0) is 9.53 Å². The highest BCUT2D eigenvalue weighted by molar-refractivity contribution is 5.82. The van der Waals surface area contributed by atoms with Gasteiger partial charge in [-0.3, -0.25) is 5.41 Å². The van der Waals surface area contributed by atoms with Crippen molar-refractivity contribution < 1.29 is 9.53 Å². The largest absolute Gasteiger partial charge is 0.439 e. The van der Waals surface area contributed by atoms with E-state index in [1.807, 2.05) is 0 Å². The summed E-state index contributed by atoms with van der Waals surface area (Å²) >= 11 is 0. The summed E-state index contributed by atoms with van der Waals surface area (Å²) in [5.41, 5.74) is 5.01. The lowest BCUT2D eigenvalue weighted by Gasteiger charge is -2.12. The molecule has 12 heavy (non-hydrogen) atoms. The minimum absolute atomic E-state index is 0.226. The van der Waals surface area contributed by atoms with E-state index in [-0.39, 0.29) is 5.96 Å². The lowest BCUT2D eigenvalue weighted by molar-refractivity contribution is -0.142. The number of carbonyl (C=O) groups excluding carboxylic acids is 1. The molecule has 0 radical (unpaired) electrons. The Labute approximate surface area is 71.1 Å². The van der Waals surface area contributed by atoms with Gasteiger partial charge in [0.1, 0.15) is 0 Å². The Balaban J connectivity index is 3.76. The molecule has 0 saturated heterocycles. The fourth-order valence-corrected chi connectivity index (χ4v) is 0.598. The minimum atomic E-state index is -0.578. The van der Waals surface area contributed by atoms with Gasteiger partial charge < -0.3 is 15.8 Å². The highest BCUT2D eigenvalue weighted by Gasteiger charge is 2.04. The molecule has 5 nitrogen and oxygen atoms in total. The van der Waals surface area contributed by atoms with Crippen LogP contribution in [0.25, 0.3) is 0 Å². The second-order valence-corrected chi connectivity index (χ2v) is 2.14. The second kappa shape index (κ2) is 5.17. The summed E-state index contributed by atoms with van der Waals surface area (Å²) in [6.07, 6.45) is 2.28.